The van der Waals surface area contributed by atoms with Gasteiger partial charge in [-0.2, -0.15) is 0 Å². The second-order valence-corrected chi connectivity index (χ2v) is 5.27. The number of nitrogens with one attached hydrogen (secondary N) is 1. The molecule has 1 aromatic carbocycles. The van der Waals surface area contributed by atoms with Crippen LogP contribution >= 0.6 is 11.6 Å². The average molecular weight is 300 g/mol. The molecule has 2 N–H and O–H groups in total. The van der Waals surface area contributed by atoms with E-state index in [0.717, 1.165) is 25.9 Å². The van der Waals surface area contributed by atoms with Crippen LogP contribution in [0.25, 0.3) is 0 Å². The fourth-order valence-electron chi connectivity index (χ4n) is 2.50. The third kappa shape index (κ3) is 3.59. The summed E-state index contributed by atoms with van der Waals surface area (Å²) in [4.78, 5) is 12.7. The fraction of sp³-hybridized carbons (Fsp3) is 0.538. The van der Waals surface area contributed by atoms with Crippen LogP contribution in [0, 0.1) is 10.1 Å². The lowest BCUT2D eigenvalue weighted by Gasteiger charge is -2.33. The number of nitro groups is 1. The summed E-state index contributed by atoms with van der Waals surface area (Å²) < 4.78 is 0. The molecule has 0 atom stereocenters. The fourth-order valence-corrected chi connectivity index (χ4v) is 2.67. The maximum atomic E-state index is 11.1. The quantitative estimate of drug-likeness (QED) is 0.640. The van der Waals surface area contributed by atoms with Gasteiger partial charge in [0, 0.05) is 36.8 Å². The van der Waals surface area contributed by atoms with Crippen LogP contribution in [0.3, 0.4) is 0 Å². The first-order valence-corrected chi connectivity index (χ1v) is 7.02. The number of aliphatic hydroxyl groups is 1. The van der Waals surface area contributed by atoms with Gasteiger partial charge in [0.2, 0.25) is 0 Å². The van der Waals surface area contributed by atoms with E-state index < -0.39 is 4.92 Å². The summed E-state index contributed by atoms with van der Waals surface area (Å²) in [6.07, 6.45) is 1.81. The molecule has 0 aromatic heterocycles. The van der Waals surface area contributed by atoms with Crippen LogP contribution < -0.4 is 10.2 Å². The zero-order valence-electron chi connectivity index (χ0n) is 11.1. The van der Waals surface area contributed by atoms with Crippen LogP contribution in [0.1, 0.15) is 12.8 Å². The molecule has 0 saturated carbocycles. The van der Waals surface area contributed by atoms with E-state index in [1.165, 1.54) is 6.07 Å². The molecule has 1 heterocycles. The lowest BCUT2D eigenvalue weighted by molar-refractivity contribution is -0.384. The smallest absolute Gasteiger partial charge is 0.294 e. The average Bonchev–Trinajstić information content (AvgIpc) is 2.45. The predicted molar refractivity (Wildman–Crippen MR) is 78.4 cm³/mol. The molecule has 0 amide bonds. The standard InChI is InChI=1S/C13H18ClN3O3/c14-10-1-2-12(13(9-10)17(19)20)16-6-3-11(4-7-16)15-5-8-18/h1-2,9,11,15,18H,3-8H2. The van der Waals surface area contributed by atoms with E-state index in [-0.39, 0.29) is 12.3 Å². The van der Waals surface area contributed by atoms with Crippen molar-refractivity contribution in [1.82, 2.24) is 5.32 Å². The monoisotopic (exact) mass is 299 g/mol. The number of hydrogen-bond donors (Lipinski definition) is 2. The minimum absolute atomic E-state index is 0.0549. The van der Waals surface area contributed by atoms with E-state index in [2.05, 4.69) is 5.32 Å². The van der Waals surface area contributed by atoms with Crippen molar-refractivity contribution in [3.63, 3.8) is 0 Å². The molecule has 0 bridgehead atoms. The Morgan fingerprint density at radius 3 is 2.75 bits per heavy atom. The summed E-state index contributed by atoms with van der Waals surface area (Å²) in [5.74, 6) is 0. The van der Waals surface area contributed by atoms with Crippen LogP contribution in [0.2, 0.25) is 5.02 Å². The van der Waals surface area contributed by atoms with Gasteiger partial charge in [0.05, 0.1) is 11.5 Å². The highest BCUT2D eigenvalue weighted by Gasteiger charge is 2.24. The highest BCUT2D eigenvalue weighted by molar-refractivity contribution is 6.30. The lowest BCUT2D eigenvalue weighted by Crippen LogP contribution is -2.43. The van der Waals surface area contributed by atoms with Crippen molar-refractivity contribution >= 4 is 23.0 Å². The number of halogens is 1. The summed E-state index contributed by atoms with van der Waals surface area (Å²) in [6.45, 7) is 2.23. The number of nitrogens with zero attached hydrogens (tertiary/aromatic N) is 2. The number of nitro benzene ring substituents is 1. The Bertz CT molecular complexity index is 476. The van der Waals surface area contributed by atoms with Crippen molar-refractivity contribution < 1.29 is 10.0 Å². The molecule has 2 rings (SSSR count). The van der Waals surface area contributed by atoms with Gasteiger partial charge in [-0.3, -0.25) is 10.1 Å². The zero-order chi connectivity index (χ0) is 14.5. The van der Waals surface area contributed by atoms with E-state index in [1.807, 2.05) is 4.90 Å². The number of piperidine rings is 1. The highest BCUT2D eigenvalue weighted by Crippen LogP contribution is 2.32. The molecule has 0 radical (unpaired) electrons. The van der Waals surface area contributed by atoms with Gasteiger partial charge in [-0.1, -0.05) is 11.6 Å². The van der Waals surface area contributed by atoms with Gasteiger partial charge in [-0.05, 0) is 25.0 Å². The molecule has 6 nitrogen and oxygen atoms in total. The van der Waals surface area contributed by atoms with Crippen molar-refractivity contribution in [3.05, 3.63) is 33.3 Å². The van der Waals surface area contributed by atoms with Crippen LogP contribution in [0.4, 0.5) is 11.4 Å². The molecular formula is C13H18ClN3O3. The summed E-state index contributed by atoms with van der Waals surface area (Å²) in [5.41, 5.74) is 0.680. The Morgan fingerprint density at radius 1 is 1.45 bits per heavy atom. The first-order chi connectivity index (χ1) is 9.61. The minimum Gasteiger partial charge on any atom is -0.395 e. The topological polar surface area (TPSA) is 78.6 Å². The van der Waals surface area contributed by atoms with Gasteiger partial charge in [0.25, 0.3) is 5.69 Å². The molecule has 1 fully saturated rings. The van der Waals surface area contributed by atoms with Crippen molar-refractivity contribution in [2.75, 3.05) is 31.1 Å². The summed E-state index contributed by atoms with van der Waals surface area (Å²) in [7, 11) is 0. The predicted octanol–water partition coefficient (Wildman–Crippen LogP) is 1.80. The van der Waals surface area contributed by atoms with Crippen molar-refractivity contribution in [2.45, 2.75) is 18.9 Å². The maximum absolute atomic E-state index is 11.1. The Kier molecular flexibility index (Phi) is 5.17. The number of anilines is 1. The van der Waals surface area contributed by atoms with Gasteiger partial charge in [0.1, 0.15) is 5.69 Å². The third-order valence-corrected chi connectivity index (χ3v) is 3.75. The molecule has 7 heteroatoms. The lowest BCUT2D eigenvalue weighted by atomic mass is 10.0. The molecule has 0 aliphatic carbocycles. The van der Waals surface area contributed by atoms with Gasteiger partial charge in [0.15, 0.2) is 0 Å². The number of rotatable bonds is 5. The molecule has 20 heavy (non-hydrogen) atoms. The number of benzene rings is 1. The Labute approximate surface area is 122 Å². The van der Waals surface area contributed by atoms with Crippen molar-refractivity contribution in [3.8, 4) is 0 Å². The van der Waals surface area contributed by atoms with Crippen LogP contribution in [-0.4, -0.2) is 42.3 Å². The summed E-state index contributed by atoms with van der Waals surface area (Å²) in [5, 5.41) is 23.5. The SMILES string of the molecule is O=[N+]([O-])c1cc(Cl)ccc1N1CCC(NCCO)CC1. The summed E-state index contributed by atoms with van der Waals surface area (Å²) >= 11 is 5.82. The number of aliphatic hydroxyl groups excluding tert-OH is 1. The second-order valence-electron chi connectivity index (χ2n) is 4.83. The van der Waals surface area contributed by atoms with Gasteiger partial charge >= 0.3 is 0 Å². The first-order valence-electron chi connectivity index (χ1n) is 6.65. The van der Waals surface area contributed by atoms with Crippen LogP contribution in [-0.2, 0) is 0 Å². The van der Waals surface area contributed by atoms with E-state index in [0.29, 0.717) is 23.3 Å². The van der Waals surface area contributed by atoms with Crippen molar-refractivity contribution in [1.29, 1.82) is 0 Å². The normalized spacial score (nSPS) is 16.4. The van der Waals surface area contributed by atoms with Crippen LogP contribution in [0.15, 0.2) is 18.2 Å². The van der Waals surface area contributed by atoms with E-state index in [1.54, 1.807) is 12.1 Å². The Balaban J connectivity index is 2.05. The second kappa shape index (κ2) is 6.88. The molecule has 0 unspecified atom stereocenters. The largest absolute Gasteiger partial charge is 0.395 e. The summed E-state index contributed by atoms with van der Waals surface area (Å²) in [6, 6.07) is 5.15. The van der Waals surface area contributed by atoms with E-state index >= 15 is 0 Å². The molecule has 1 aliphatic heterocycles. The van der Waals surface area contributed by atoms with E-state index in [4.69, 9.17) is 16.7 Å². The van der Waals surface area contributed by atoms with Crippen LogP contribution in [0.5, 0.6) is 0 Å². The Hall–Kier alpha value is -1.37. The van der Waals surface area contributed by atoms with Gasteiger partial charge in [-0.25, -0.2) is 0 Å². The zero-order valence-corrected chi connectivity index (χ0v) is 11.8. The molecule has 1 aromatic rings. The molecular weight excluding hydrogens is 282 g/mol. The van der Waals surface area contributed by atoms with E-state index in [9.17, 15) is 10.1 Å². The van der Waals surface area contributed by atoms with Crippen molar-refractivity contribution in [2.24, 2.45) is 0 Å². The highest BCUT2D eigenvalue weighted by atomic mass is 35.5. The third-order valence-electron chi connectivity index (χ3n) is 3.51. The molecule has 1 saturated heterocycles. The Morgan fingerprint density at radius 2 is 2.15 bits per heavy atom. The molecule has 1 aliphatic rings. The molecule has 110 valence electrons. The first kappa shape index (κ1) is 15.0. The minimum atomic E-state index is -0.392. The van der Waals surface area contributed by atoms with Gasteiger partial charge in [-0.15, -0.1) is 0 Å². The number of hydrogen-bond acceptors (Lipinski definition) is 5. The van der Waals surface area contributed by atoms with Gasteiger partial charge < -0.3 is 15.3 Å². The molecule has 0 spiro atoms. The maximum Gasteiger partial charge on any atom is 0.294 e.